The van der Waals surface area contributed by atoms with Crippen LogP contribution in [0.3, 0.4) is 0 Å². The highest BCUT2D eigenvalue weighted by Gasteiger charge is 2.33. The molecule has 0 aliphatic rings. The normalized spacial score (nSPS) is 11.6. The minimum Gasteiger partial charge on any atom is -0.489 e. The van der Waals surface area contributed by atoms with Crippen molar-refractivity contribution in [3.63, 3.8) is 0 Å². The average Bonchev–Trinajstić information content (AvgIpc) is 2.57. The molecular formula is C22H32OSi. The van der Waals surface area contributed by atoms with Crippen molar-refractivity contribution in [2.75, 3.05) is 0 Å². The van der Waals surface area contributed by atoms with Gasteiger partial charge in [0.1, 0.15) is 12.4 Å². The predicted molar refractivity (Wildman–Crippen MR) is 108 cm³/mol. The van der Waals surface area contributed by atoms with Gasteiger partial charge in [0, 0.05) is 0 Å². The third-order valence-corrected chi connectivity index (χ3v) is 11.1. The lowest BCUT2D eigenvalue weighted by atomic mass is 10.1. The van der Waals surface area contributed by atoms with Crippen LogP contribution in [0.4, 0.5) is 0 Å². The zero-order chi connectivity index (χ0) is 17.7. The summed E-state index contributed by atoms with van der Waals surface area (Å²) in [5.41, 5.74) is 5.17. The molecule has 1 nitrogen and oxygen atoms in total. The van der Waals surface area contributed by atoms with Crippen molar-refractivity contribution in [2.24, 2.45) is 0 Å². The summed E-state index contributed by atoms with van der Waals surface area (Å²) in [4.78, 5) is 0. The van der Waals surface area contributed by atoms with E-state index in [4.69, 9.17) is 4.74 Å². The molecule has 0 aliphatic heterocycles. The van der Waals surface area contributed by atoms with Crippen LogP contribution in [0, 0.1) is 20.8 Å². The molecular weight excluding hydrogens is 308 g/mol. The van der Waals surface area contributed by atoms with Crippen molar-refractivity contribution in [2.45, 2.75) is 66.3 Å². The molecule has 0 N–H and O–H groups in total. The highest BCUT2D eigenvalue weighted by molar-refractivity contribution is 6.92. The van der Waals surface area contributed by atoms with E-state index in [1.165, 1.54) is 45.6 Å². The fraction of sp³-hybridized carbons (Fsp3) is 0.455. The molecule has 0 saturated heterocycles. The molecule has 0 atom stereocenters. The van der Waals surface area contributed by atoms with E-state index in [1.807, 2.05) is 0 Å². The molecule has 2 aromatic rings. The second-order valence-electron chi connectivity index (χ2n) is 7.07. The van der Waals surface area contributed by atoms with Crippen LogP contribution >= 0.6 is 0 Å². The molecule has 0 spiro atoms. The molecule has 130 valence electrons. The van der Waals surface area contributed by atoms with E-state index in [2.05, 4.69) is 77.9 Å². The van der Waals surface area contributed by atoms with Gasteiger partial charge in [0.2, 0.25) is 0 Å². The largest absolute Gasteiger partial charge is 0.489 e. The Morgan fingerprint density at radius 1 is 0.792 bits per heavy atom. The van der Waals surface area contributed by atoms with Gasteiger partial charge >= 0.3 is 0 Å². The fourth-order valence-electron chi connectivity index (χ4n) is 3.70. The molecule has 0 saturated carbocycles. The predicted octanol–water partition coefficient (Wildman–Crippen LogP) is 5.91. The van der Waals surface area contributed by atoms with Crippen molar-refractivity contribution >= 4 is 13.3 Å². The van der Waals surface area contributed by atoms with Gasteiger partial charge in [-0.15, -0.1) is 0 Å². The highest BCUT2D eigenvalue weighted by Crippen LogP contribution is 2.28. The third kappa shape index (κ3) is 3.92. The molecule has 0 aliphatic carbocycles. The Balaban J connectivity index is 2.39. The minimum atomic E-state index is -1.47. The summed E-state index contributed by atoms with van der Waals surface area (Å²) in [5.74, 6) is 1.15. The first kappa shape index (κ1) is 18.8. The average molecular weight is 341 g/mol. The van der Waals surface area contributed by atoms with Crippen LogP contribution in [0.5, 0.6) is 5.75 Å². The van der Waals surface area contributed by atoms with Crippen LogP contribution in [-0.2, 0) is 6.61 Å². The topological polar surface area (TPSA) is 9.23 Å². The van der Waals surface area contributed by atoms with Crippen LogP contribution in [0.25, 0.3) is 0 Å². The Labute approximate surface area is 149 Å². The zero-order valence-corrected chi connectivity index (χ0v) is 17.2. The SMILES string of the molecule is CC[Si](CC)(CC)c1cc(C)cc(C)c1OCc1ccc(C)cc1. The van der Waals surface area contributed by atoms with Gasteiger partial charge < -0.3 is 4.74 Å². The van der Waals surface area contributed by atoms with Crippen molar-refractivity contribution in [3.8, 4) is 5.75 Å². The second kappa shape index (κ2) is 8.02. The Kier molecular flexibility index (Phi) is 6.28. The summed E-state index contributed by atoms with van der Waals surface area (Å²) in [6, 6.07) is 17.2. The molecule has 0 bridgehead atoms. The Morgan fingerprint density at radius 3 is 1.92 bits per heavy atom. The first-order valence-electron chi connectivity index (χ1n) is 9.25. The third-order valence-electron chi connectivity index (χ3n) is 5.52. The molecule has 2 heteroatoms. The smallest absolute Gasteiger partial charge is 0.121 e. The lowest BCUT2D eigenvalue weighted by molar-refractivity contribution is 0.306. The van der Waals surface area contributed by atoms with E-state index in [0.29, 0.717) is 6.61 Å². The number of benzene rings is 2. The van der Waals surface area contributed by atoms with Crippen LogP contribution in [0.15, 0.2) is 36.4 Å². The number of aryl methyl sites for hydroxylation is 3. The summed E-state index contributed by atoms with van der Waals surface area (Å²) in [5, 5.41) is 1.53. The van der Waals surface area contributed by atoms with Crippen molar-refractivity contribution in [1.82, 2.24) is 0 Å². The fourth-order valence-corrected chi connectivity index (χ4v) is 7.63. The maximum atomic E-state index is 6.40. The monoisotopic (exact) mass is 340 g/mol. The van der Waals surface area contributed by atoms with Gasteiger partial charge in [-0.25, -0.2) is 0 Å². The van der Waals surface area contributed by atoms with E-state index in [1.54, 1.807) is 0 Å². The van der Waals surface area contributed by atoms with Crippen LogP contribution in [0.2, 0.25) is 18.1 Å². The highest BCUT2D eigenvalue weighted by atomic mass is 28.3. The lowest BCUT2D eigenvalue weighted by Gasteiger charge is -2.31. The van der Waals surface area contributed by atoms with E-state index in [-0.39, 0.29) is 0 Å². The quantitative estimate of drug-likeness (QED) is 0.570. The van der Waals surface area contributed by atoms with Crippen molar-refractivity contribution < 1.29 is 4.74 Å². The number of hydrogen-bond donors (Lipinski definition) is 0. The molecule has 24 heavy (non-hydrogen) atoms. The standard InChI is InChI=1S/C22H32OSi/c1-7-24(8-2,9-3)21-15-18(5)14-19(6)22(21)23-16-20-12-10-17(4)11-13-20/h10-15H,7-9,16H2,1-6H3. The first-order valence-corrected chi connectivity index (χ1v) is 11.9. The molecule has 0 radical (unpaired) electrons. The molecule has 0 aromatic heterocycles. The van der Waals surface area contributed by atoms with Gasteiger partial charge in [-0.05, 0) is 37.1 Å². The van der Waals surface area contributed by atoms with Gasteiger partial charge in [0.05, 0.1) is 8.07 Å². The number of rotatable bonds is 7. The van der Waals surface area contributed by atoms with E-state index in [0.717, 1.165) is 5.75 Å². The van der Waals surface area contributed by atoms with Gasteiger partial charge in [0.25, 0.3) is 0 Å². The minimum absolute atomic E-state index is 0.652. The Bertz CT molecular complexity index is 661. The van der Waals surface area contributed by atoms with Crippen LogP contribution in [-0.4, -0.2) is 8.07 Å². The van der Waals surface area contributed by atoms with Crippen molar-refractivity contribution in [1.29, 1.82) is 0 Å². The summed E-state index contributed by atoms with van der Waals surface area (Å²) in [6.45, 7) is 14.3. The summed E-state index contributed by atoms with van der Waals surface area (Å²) < 4.78 is 6.40. The summed E-state index contributed by atoms with van der Waals surface area (Å²) in [6.07, 6.45) is 0. The Morgan fingerprint density at radius 2 is 1.38 bits per heavy atom. The lowest BCUT2D eigenvalue weighted by Crippen LogP contribution is -2.46. The zero-order valence-electron chi connectivity index (χ0n) is 16.2. The first-order chi connectivity index (χ1) is 11.5. The summed E-state index contributed by atoms with van der Waals surface area (Å²) >= 11 is 0. The van der Waals surface area contributed by atoms with Gasteiger partial charge in [0.15, 0.2) is 0 Å². The number of hydrogen-bond acceptors (Lipinski definition) is 1. The second-order valence-corrected chi connectivity index (χ2v) is 12.3. The molecule has 2 aromatic carbocycles. The molecule has 0 unspecified atom stereocenters. The maximum Gasteiger partial charge on any atom is 0.121 e. The molecule has 0 amide bonds. The summed E-state index contributed by atoms with van der Waals surface area (Å²) in [7, 11) is -1.47. The van der Waals surface area contributed by atoms with Gasteiger partial charge in [-0.3, -0.25) is 0 Å². The molecule has 0 heterocycles. The van der Waals surface area contributed by atoms with Crippen LogP contribution < -0.4 is 9.92 Å². The molecule has 0 fully saturated rings. The maximum absolute atomic E-state index is 6.40. The van der Waals surface area contributed by atoms with Crippen molar-refractivity contribution in [3.05, 3.63) is 58.7 Å². The van der Waals surface area contributed by atoms with E-state index >= 15 is 0 Å². The van der Waals surface area contributed by atoms with E-state index < -0.39 is 8.07 Å². The van der Waals surface area contributed by atoms with E-state index in [9.17, 15) is 0 Å². The van der Waals surface area contributed by atoms with Gasteiger partial charge in [-0.1, -0.05) is 86.4 Å². The number of ether oxygens (including phenoxy) is 1. The Hall–Kier alpha value is -1.54. The molecule has 2 rings (SSSR count). The van der Waals surface area contributed by atoms with Gasteiger partial charge in [-0.2, -0.15) is 0 Å². The van der Waals surface area contributed by atoms with Crippen LogP contribution in [0.1, 0.15) is 43.0 Å².